The van der Waals surface area contributed by atoms with Crippen LogP contribution in [0.3, 0.4) is 0 Å². The highest BCUT2D eigenvalue weighted by molar-refractivity contribution is 9.10. The fourth-order valence-corrected chi connectivity index (χ4v) is 3.28. The molecule has 0 saturated carbocycles. The van der Waals surface area contributed by atoms with E-state index in [0.717, 1.165) is 51.0 Å². The Bertz CT molecular complexity index is 1060. The number of aromatic nitrogens is 2. The first-order valence-electron chi connectivity index (χ1n) is 13.4. The van der Waals surface area contributed by atoms with Crippen LogP contribution < -0.4 is 20.8 Å². The molecule has 0 aliphatic heterocycles. The maximum Gasteiger partial charge on any atom is 0.123 e. The summed E-state index contributed by atoms with van der Waals surface area (Å²) in [5.74, 6) is 1.99. The van der Waals surface area contributed by atoms with Gasteiger partial charge in [0.25, 0.3) is 0 Å². The Morgan fingerprint density at radius 3 is 2.11 bits per heavy atom. The molecule has 210 valence electrons. The van der Waals surface area contributed by atoms with Crippen molar-refractivity contribution in [2.24, 2.45) is 5.41 Å². The predicted octanol–water partition coefficient (Wildman–Crippen LogP) is 8.01. The topological polar surface area (TPSA) is 39.1 Å². The first kappa shape index (κ1) is 36.9. The van der Waals surface area contributed by atoms with Crippen molar-refractivity contribution in [3.05, 3.63) is 69.6 Å². The van der Waals surface area contributed by atoms with E-state index in [1.165, 1.54) is 12.0 Å². The number of allylic oxidation sites excluding steroid dienone is 1. The second kappa shape index (κ2) is 19.8. The molecule has 0 aliphatic rings. The van der Waals surface area contributed by atoms with Crippen molar-refractivity contribution in [1.82, 2.24) is 14.9 Å². The van der Waals surface area contributed by atoms with Gasteiger partial charge in [-0.2, -0.15) is 0 Å². The first-order valence-corrected chi connectivity index (χ1v) is 14.2. The number of hydrogen-bond donors (Lipinski definition) is 1. The molecule has 1 aromatic heterocycles. The minimum atomic E-state index is 0.542. The van der Waals surface area contributed by atoms with Gasteiger partial charge in [0, 0.05) is 23.8 Å². The summed E-state index contributed by atoms with van der Waals surface area (Å²) < 4.78 is 8.84. The van der Waals surface area contributed by atoms with Crippen LogP contribution in [0.5, 0.6) is 5.75 Å². The summed E-state index contributed by atoms with van der Waals surface area (Å²) in [5, 5.41) is 5.31. The molecule has 5 heteroatoms. The minimum absolute atomic E-state index is 0.542. The summed E-state index contributed by atoms with van der Waals surface area (Å²) in [6.45, 7) is 32.2. The monoisotopic (exact) mass is 575 g/mol. The number of imidazole rings is 1. The van der Waals surface area contributed by atoms with Gasteiger partial charge in [0.05, 0.1) is 5.35 Å². The molecule has 2 aromatic rings. The number of rotatable bonds is 7. The third-order valence-corrected chi connectivity index (χ3v) is 6.38. The van der Waals surface area contributed by atoms with Gasteiger partial charge in [0.2, 0.25) is 0 Å². The Balaban J connectivity index is 0. The van der Waals surface area contributed by atoms with Crippen LogP contribution in [-0.2, 0) is 6.54 Å². The molecule has 2 rings (SSSR count). The van der Waals surface area contributed by atoms with E-state index in [9.17, 15) is 0 Å². The van der Waals surface area contributed by atoms with Crippen molar-refractivity contribution in [3.63, 3.8) is 0 Å². The lowest BCUT2D eigenvalue weighted by Crippen LogP contribution is -2.34. The van der Waals surface area contributed by atoms with Crippen molar-refractivity contribution in [2.75, 3.05) is 13.7 Å². The maximum atomic E-state index is 5.48. The van der Waals surface area contributed by atoms with Crippen LogP contribution in [0.1, 0.15) is 85.2 Å². The van der Waals surface area contributed by atoms with Gasteiger partial charge in [-0.05, 0) is 68.9 Å². The van der Waals surface area contributed by atoms with Crippen LogP contribution in [0.15, 0.2) is 41.9 Å². The third-order valence-electron chi connectivity index (χ3n) is 5.52. The molecule has 0 amide bonds. The van der Waals surface area contributed by atoms with E-state index >= 15 is 0 Å². The van der Waals surface area contributed by atoms with Gasteiger partial charge < -0.3 is 14.6 Å². The Morgan fingerprint density at radius 1 is 1.11 bits per heavy atom. The van der Waals surface area contributed by atoms with E-state index in [4.69, 9.17) is 4.74 Å². The molecule has 1 aromatic carbocycles. The largest absolute Gasteiger partial charge is 0.489 e. The zero-order valence-electron chi connectivity index (χ0n) is 25.8. The van der Waals surface area contributed by atoms with E-state index in [0.29, 0.717) is 12.0 Å². The highest BCUT2D eigenvalue weighted by atomic mass is 79.9. The van der Waals surface area contributed by atoms with E-state index in [1.54, 1.807) is 6.08 Å². The van der Waals surface area contributed by atoms with Crippen LogP contribution in [-0.4, -0.2) is 23.2 Å². The maximum absolute atomic E-state index is 5.48. The van der Waals surface area contributed by atoms with Gasteiger partial charge in [-0.15, -0.1) is 0 Å². The molecule has 0 saturated heterocycles. The molecule has 0 atom stereocenters. The number of nitrogens with zero attached hydrogens (tertiary/aromatic N) is 2. The highest BCUT2D eigenvalue weighted by Crippen LogP contribution is 2.26. The summed E-state index contributed by atoms with van der Waals surface area (Å²) in [7, 11) is 1.92. The highest BCUT2D eigenvalue weighted by Gasteiger charge is 2.05. The van der Waals surface area contributed by atoms with Crippen LogP contribution in [0, 0.1) is 26.2 Å². The summed E-state index contributed by atoms with van der Waals surface area (Å²) >= 11 is 3.47. The summed E-state index contributed by atoms with van der Waals surface area (Å²) in [4.78, 5) is 4.60. The zero-order chi connectivity index (χ0) is 29.2. The molecule has 0 spiro atoms. The molecule has 0 radical (unpaired) electrons. The van der Waals surface area contributed by atoms with Gasteiger partial charge in [0.1, 0.15) is 23.5 Å². The molecular weight excluding hydrogens is 522 g/mol. The fraction of sp³-hybridized carbons (Fsp3) is 0.531. The number of benzene rings is 1. The average Bonchev–Trinajstić information content (AvgIpc) is 3.17. The number of nitrogens with one attached hydrogen (secondary N) is 1. The lowest BCUT2D eigenvalue weighted by atomic mass is 9.94. The second-order valence-corrected chi connectivity index (χ2v) is 10.6. The third kappa shape index (κ3) is 14.3. The van der Waals surface area contributed by atoms with E-state index < -0.39 is 0 Å². The van der Waals surface area contributed by atoms with Gasteiger partial charge in [-0.3, -0.25) is 0 Å². The van der Waals surface area contributed by atoms with E-state index in [-0.39, 0.29) is 0 Å². The lowest BCUT2D eigenvalue weighted by Gasteiger charge is -2.12. The molecule has 0 bridgehead atoms. The van der Waals surface area contributed by atoms with Gasteiger partial charge in [0.15, 0.2) is 0 Å². The number of ether oxygens (including phenoxy) is 1. The van der Waals surface area contributed by atoms with Gasteiger partial charge in [-0.1, -0.05) is 96.1 Å². The van der Waals surface area contributed by atoms with Crippen molar-refractivity contribution in [3.8, 4) is 5.75 Å². The predicted molar refractivity (Wildman–Crippen MR) is 170 cm³/mol. The molecule has 4 nitrogen and oxygen atoms in total. The number of aryl methyl sites for hydroxylation is 3. The Kier molecular flexibility index (Phi) is 19.7. The SMILES string of the molecule is C=C/C=c1\c(=C(/C)NC)nc(C)n1CCC.C=CCOc1cc(C)c(Br)cc1C.CC.CCC(C)(C)C. The van der Waals surface area contributed by atoms with Crippen LogP contribution in [0.2, 0.25) is 0 Å². The molecule has 1 heterocycles. The smallest absolute Gasteiger partial charge is 0.123 e. The molecule has 1 N–H and O–H groups in total. The van der Waals surface area contributed by atoms with Crippen molar-refractivity contribution >= 4 is 27.7 Å². The minimum Gasteiger partial charge on any atom is -0.489 e. The average molecular weight is 577 g/mol. The number of hydrogen-bond acceptors (Lipinski definition) is 3. The van der Waals surface area contributed by atoms with E-state index in [2.05, 4.69) is 84.6 Å². The van der Waals surface area contributed by atoms with Gasteiger partial charge >= 0.3 is 0 Å². The number of halogens is 1. The van der Waals surface area contributed by atoms with Crippen LogP contribution >= 0.6 is 15.9 Å². The van der Waals surface area contributed by atoms with Crippen LogP contribution in [0.25, 0.3) is 11.8 Å². The molecule has 37 heavy (non-hydrogen) atoms. The standard InChI is InChI=1S/C13H21N3.C11H13BrO.C6H14.C2H6/c1-6-8-12-13(10(3)14-5)15-11(4)16(12)9-7-2;1-4-5-13-11-7-8(2)10(12)6-9(11)3;1-5-6(2,3)4;1-2/h6,8,14H,1,7,9H2,2-5H3;4,6-7H,1,5H2,2-3H3;5H2,1-4H3;1-2H3/b12-8+,13-10-;;;. The normalized spacial score (nSPS) is 11.5. The fourth-order valence-electron chi connectivity index (χ4n) is 2.82. The van der Waals surface area contributed by atoms with Crippen molar-refractivity contribution in [2.45, 2.75) is 95.5 Å². The lowest BCUT2D eigenvalue weighted by molar-refractivity contribution is 0.360. The molecule has 0 unspecified atom stereocenters. The van der Waals surface area contributed by atoms with Crippen molar-refractivity contribution < 1.29 is 4.74 Å². The summed E-state index contributed by atoms with van der Waals surface area (Å²) in [5.41, 5.74) is 3.95. The van der Waals surface area contributed by atoms with Crippen molar-refractivity contribution in [1.29, 1.82) is 0 Å². The van der Waals surface area contributed by atoms with Crippen LogP contribution in [0.4, 0.5) is 0 Å². The Hall–Kier alpha value is -2.27. The first-order chi connectivity index (χ1) is 17.4. The zero-order valence-corrected chi connectivity index (χ0v) is 27.4. The molecule has 0 fully saturated rings. The molecule has 0 aliphatic carbocycles. The van der Waals surface area contributed by atoms with E-state index in [1.807, 2.05) is 66.8 Å². The quantitative estimate of drug-likeness (QED) is 0.340. The molecular formula is C32H54BrN3O. The Labute approximate surface area is 236 Å². The summed E-state index contributed by atoms with van der Waals surface area (Å²) in [6, 6.07) is 4.09. The summed E-state index contributed by atoms with van der Waals surface area (Å²) in [6.07, 6.45) is 7.96. The second-order valence-electron chi connectivity index (χ2n) is 9.70. The Morgan fingerprint density at radius 2 is 1.68 bits per heavy atom. The van der Waals surface area contributed by atoms with Gasteiger partial charge in [-0.25, -0.2) is 4.98 Å².